The highest BCUT2D eigenvalue weighted by Gasteiger charge is 2.56. The monoisotopic (exact) mass is 259 g/mol. The van der Waals surface area contributed by atoms with E-state index in [4.69, 9.17) is 4.74 Å². The molecule has 1 unspecified atom stereocenters. The Hall–Kier alpha value is -1.04. The molecule has 19 heavy (non-hydrogen) atoms. The van der Waals surface area contributed by atoms with Crippen molar-refractivity contribution in [2.24, 2.45) is 29.1 Å². The molecule has 0 aromatic rings. The molecule has 0 N–H and O–H groups in total. The van der Waals surface area contributed by atoms with Crippen molar-refractivity contribution in [1.82, 2.24) is 0 Å². The molecular weight excluding hydrogens is 238 g/mol. The Morgan fingerprint density at radius 1 is 1.11 bits per heavy atom. The minimum atomic E-state index is -0.478. The van der Waals surface area contributed by atoms with Gasteiger partial charge in [0.15, 0.2) is 6.10 Å². The van der Waals surface area contributed by atoms with Gasteiger partial charge in [-0.2, -0.15) is 5.26 Å². The van der Waals surface area contributed by atoms with Gasteiger partial charge in [0.25, 0.3) is 0 Å². The van der Waals surface area contributed by atoms with Gasteiger partial charge in [-0.05, 0) is 69.1 Å². The Labute approximate surface area is 114 Å². The van der Waals surface area contributed by atoms with Crippen LogP contribution in [0, 0.1) is 40.4 Å². The quantitative estimate of drug-likeness (QED) is 0.732. The largest absolute Gasteiger partial charge is 0.446 e. The van der Waals surface area contributed by atoms with E-state index in [9.17, 15) is 10.1 Å². The van der Waals surface area contributed by atoms with Crippen LogP contribution in [0.5, 0.6) is 0 Å². The fourth-order valence-corrected chi connectivity index (χ4v) is 5.32. The van der Waals surface area contributed by atoms with Gasteiger partial charge in [-0.1, -0.05) is 0 Å². The Kier molecular flexibility index (Phi) is 2.46. The molecule has 5 fully saturated rings. The van der Waals surface area contributed by atoms with E-state index in [-0.39, 0.29) is 17.3 Å². The number of hydrogen-bond donors (Lipinski definition) is 0. The third kappa shape index (κ3) is 1.88. The highest BCUT2D eigenvalue weighted by molar-refractivity contribution is 5.75. The van der Waals surface area contributed by atoms with Crippen molar-refractivity contribution in [3.63, 3.8) is 0 Å². The molecule has 0 radical (unpaired) electrons. The third-order valence-corrected chi connectivity index (χ3v) is 5.90. The molecule has 3 nitrogen and oxygen atoms in total. The van der Waals surface area contributed by atoms with Gasteiger partial charge in [-0.15, -0.1) is 0 Å². The van der Waals surface area contributed by atoms with Crippen LogP contribution in [-0.2, 0) is 9.53 Å². The van der Waals surface area contributed by atoms with Crippen molar-refractivity contribution in [2.75, 3.05) is 0 Å². The minimum Gasteiger partial charge on any atom is -0.446 e. The molecule has 5 rings (SSSR count). The Morgan fingerprint density at radius 2 is 1.63 bits per heavy atom. The molecule has 5 saturated carbocycles. The zero-order valence-electron chi connectivity index (χ0n) is 11.3. The first-order chi connectivity index (χ1) is 9.18. The third-order valence-electron chi connectivity index (χ3n) is 5.90. The maximum Gasteiger partial charge on any atom is 0.310 e. The molecule has 0 aliphatic heterocycles. The number of carbonyl (C=O) groups excluding carboxylic acids is 1. The molecule has 1 atom stereocenters. The lowest BCUT2D eigenvalue weighted by Crippen LogP contribution is -2.52. The number of hydrogen-bond acceptors (Lipinski definition) is 3. The summed E-state index contributed by atoms with van der Waals surface area (Å²) < 4.78 is 5.61. The van der Waals surface area contributed by atoms with E-state index in [1.807, 2.05) is 0 Å². The Bertz CT molecular complexity index is 411. The number of ether oxygens (including phenoxy) is 1. The Morgan fingerprint density at radius 3 is 2.05 bits per heavy atom. The van der Waals surface area contributed by atoms with Crippen molar-refractivity contribution in [2.45, 2.75) is 57.5 Å². The van der Waals surface area contributed by atoms with Gasteiger partial charge in [0.2, 0.25) is 0 Å². The smallest absolute Gasteiger partial charge is 0.310 e. The number of rotatable bonds is 3. The summed E-state index contributed by atoms with van der Waals surface area (Å²) in [4.78, 5) is 11.9. The molecule has 0 amide bonds. The summed E-state index contributed by atoms with van der Waals surface area (Å²) >= 11 is 0. The van der Waals surface area contributed by atoms with Gasteiger partial charge in [0.05, 0.1) is 5.92 Å². The maximum atomic E-state index is 11.9. The molecule has 0 aromatic heterocycles. The van der Waals surface area contributed by atoms with Gasteiger partial charge in [-0.25, -0.2) is 0 Å². The van der Waals surface area contributed by atoms with Crippen LogP contribution in [-0.4, -0.2) is 12.1 Å². The first-order valence-corrected chi connectivity index (χ1v) is 7.78. The molecule has 4 bridgehead atoms. The number of nitrogens with zero attached hydrogens (tertiary/aromatic N) is 1. The van der Waals surface area contributed by atoms with Crippen molar-refractivity contribution >= 4 is 5.97 Å². The van der Waals surface area contributed by atoms with Crippen molar-refractivity contribution in [3.05, 3.63) is 0 Å². The fourth-order valence-electron chi connectivity index (χ4n) is 5.32. The summed E-state index contributed by atoms with van der Waals surface area (Å²) in [7, 11) is 0. The molecule has 5 aliphatic carbocycles. The van der Waals surface area contributed by atoms with E-state index in [1.54, 1.807) is 0 Å². The van der Waals surface area contributed by atoms with E-state index < -0.39 is 6.10 Å². The van der Waals surface area contributed by atoms with E-state index in [2.05, 4.69) is 6.07 Å². The van der Waals surface area contributed by atoms with Gasteiger partial charge < -0.3 is 4.74 Å². The van der Waals surface area contributed by atoms with Crippen LogP contribution in [0.4, 0.5) is 0 Å². The molecule has 0 spiro atoms. The summed E-state index contributed by atoms with van der Waals surface area (Å²) in [6.07, 6.45) is 8.86. The van der Waals surface area contributed by atoms with Crippen LogP contribution in [0.3, 0.4) is 0 Å². The van der Waals surface area contributed by atoms with E-state index >= 15 is 0 Å². The van der Waals surface area contributed by atoms with Gasteiger partial charge in [-0.3, -0.25) is 4.79 Å². The maximum absolute atomic E-state index is 11.9. The second kappa shape index (κ2) is 3.98. The predicted octanol–water partition coefficient (Wildman–Crippen LogP) is 3.05. The van der Waals surface area contributed by atoms with Gasteiger partial charge in [0.1, 0.15) is 6.07 Å². The first-order valence-electron chi connectivity index (χ1n) is 7.78. The van der Waals surface area contributed by atoms with E-state index in [0.717, 1.165) is 49.9 Å². The summed E-state index contributed by atoms with van der Waals surface area (Å²) in [6.45, 7) is 0. The zero-order chi connectivity index (χ0) is 13.0. The average molecular weight is 259 g/mol. The SMILES string of the molecule is N#CC(OC(=O)C1CC1)C12CC3CC(CC(C3)C1)C2. The molecule has 0 saturated heterocycles. The lowest BCUT2D eigenvalue weighted by molar-refractivity contribution is -0.166. The number of esters is 1. The molecule has 3 heteroatoms. The lowest BCUT2D eigenvalue weighted by atomic mass is 9.48. The second-order valence-electron chi connectivity index (χ2n) is 7.50. The minimum absolute atomic E-state index is 0.00799. The van der Waals surface area contributed by atoms with Crippen LogP contribution < -0.4 is 0 Å². The van der Waals surface area contributed by atoms with Crippen molar-refractivity contribution in [1.29, 1.82) is 5.26 Å². The van der Waals surface area contributed by atoms with E-state index in [0.29, 0.717) is 0 Å². The van der Waals surface area contributed by atoms with Gasteiger partial charge >= 0.3 is 5.97 Å². The molecule has 0 heterocycles. The number of carbonyl (C=O) groups is 1. The number of nitriles is 1. The predicted molar refractivity (Wildman–Crippen MR) is 68.8 cm³/mol. The van der Waals surface area contributed by atoms with Crippen LogP contribution >= 0.6 is 0 Å². The molecular formula is C16H21NO2. The van der Waals surface area contributed by atoms with Crippen LogP contribution in [0.1, 0.15) is 51.4 Å². The molecule has 5 aliphatic rings. The summed E-state index contributed by atoms with van der Waals surface area (Å²) in [5.74, 6) is 2.37. The summed E-state index contributed by atoms with van der Waals surface area (Å²) in [6, 6.07) is 2.33. The average Bonchev–Trinajstić information content (AvgIpc) is 3.17. The first kappa shape index (κ1) is 11.8. The topological polar surface area (TPSA) is 50.1 Å². The Balaban J connectivity index is 1.55. The standard InChI is InChI=1S/C16H21NO2/c17-9-14(19-15(18)13-1-2-13)16-6-10-3-11(7-16)5-12(4-10)8-16/h10-14H,1-8H2. The lowest BCUT2D eigenvalue weighted by Gasteiger charge is -2.57. The van der Waals surface area contributed by atoms with Crippen LogP contribution in [0.25, 0.3) is 0 Å². The highest BCUT2D eigenvalue weighted by Crippen LogP contribution is 2.61. The highest BCUT2D eigenvalue weighted by atomic mass is 16.5. The molecule has 102 valence electrons. The van der Waals surface area contributed by atoms with Crippen molar-refractivity contribution in [3.8, 4) is 6.07 Å². The zero-order valence-corrected chi connectivity index (χ0v) is 11.3. The molecule has 0 aromatic carbocycles. The fraction of sp³-hybridized carbons (Fsp3) is 0.875. The van der Waals surface area contributed by atoms with Crippen molar-refractivity contribution < 1.29 is 9.53 Å². The summed E-state index contributed by atoms with van der Waals surface area (Å²) in [5.41, 5.74) is 0.00799. The second-order valence-corrected chi connectivity index (χ2v) is 7.50. The van der Waals surface area contributed by atoms with Crippen LogP contribution in [0.2, 0.25) is 0 Å². The van der Waals surface area contributed by atoms with Gasteiger partial charge in [0, 0.05) is 5.41 Å². The normalized spacial score (nSPS) is 44.7. The van der Waals surface area contributed by atoms with Crippen LogP contribution in [0.15, 0.2) is 0 Å². The van der Waals surface area contributed by atoms with E-state index in [1.165, 1.54) is 19.3 Å². The summed E-state index contributed by atoms with van der Waals surface area (Å²) in [5, 5.41) is 9.51.